The molecule has 25 heavy (non-hydrogen) atoms. The van der Waals surface area contributed by atoms with Gasteiger partial charge in [-0.25, -0.2) is 9.59 Å². The zero-order valence-electron chi connectivity index (χ0n) is 14.6. The maximum Gasteiger partial charge on any atom is 0.373 e. The van der Waals surface area contributed by atoms with Crippen molar-refractivity contribution in [3.05, 3.63) is 71.3 Å². The van der Waals surface area contributed by atoms with E-state index >= 15 is 0 Å². The average molecular weight is 342 g/mol. The van der Waals surface area contributed by atoms with Crippen molar-refractivity contribution in [3.63, 3.8) is 0 Å². The van der Waals surface area contributed by atoms with Gasteiger partial charge >= 0.3 is 11.9 Å². The molecule has 0 aromatic heterocycles. The highest BCUT2D eigenvalue weighted by molar-refractivity contribution is 5.91. The first kappa shape index (κ1) is 18.7. The van der Waals surface area contributed by atoms with Crippen LogP contribution in [0.15, 0.2) is 54.6 Å². The van der Waals surface area contributed by atoms with Gasteiger partial charge in [-0.1, -0.05) is 50.2 Å². The summed E-state index contributed by atoms with van der Waals surface area (Å²) in [6.45, 7) is 5.71. The number of hydrogen-bond acceptors (Lipinski definition) is 5. The molecule has 0 aliphatic heterocycles. The zero-order valence-corrected chi connectivity index (χ0v) is 14.6. The van der Waals surface area contributed by atoms with E-state index in [2.05, 4.69) is 4.89 Å². The molecule has 0 aliphatic carbocycles. The molecule has 1 atom stereocenters. The van der Waals surface area contributed by atoms with Gasteiger partial charge in [-0.2, -0.15) is 5.26 Å². The standard InChI is InChI=1S/C20H22O5/c1-14(24-18(21)15-9-5-4-6-10-15)13-20(2,3)17-12-8-7-11-16(17)19(22)25-23/h4-12,14,23H,13H2,1-3H3. The molecule has 2 aromatic rings. The van der Waals surface area contributed by atoms with Crippen molar-refractivity contribution in [2.24, 2.45) is 0 Å². The van der Waals surface area contributed by atoms with E-state index in [9.17, 15) is 9.59 Å². The highest BCUT2D eigenvalue weighted by atomic mass is 17.1. The van der Waals surface area contributed by atoms with E-state index in [1.807, 2.05) is 32.9 Å². The summed E-state index contributed by atoms with van der Waals surface area (Å²) in [7, 11) is 0. The highest BCUT2D eigenvalue weighted by Crippen LogP contribution is 2.32. The summed E-state index contributed by atoms with van der Waals surface area (Å²) < 4.78 is 5.52. The molecule has 0 fully saturated rings. The fraction of sp³-hybridized carbons (Fsp3) is 0.300. The maximum atomic E-state index is 12.2. The van der Waals surface area contributed by atoms with Crippen molar-refractivity contribution >= 4 is 11.9 Å². The molecule has 0 radical (unpaired) electrons. The third kappa shape index (κ3) is 4.67. The Hall–Kier alpha value is -2.66. The molecule has 1 N–H and O–H groups in total. The van der Waals surface area contributed by atoms with Crippen molar-refractivity contribution in [1.82, 2.24) is 0 Å². The third-order valence-electron chi connectivity index (χ3n) is 4.07. The van der Waals surface area contributed by atoms with Crippen molar-refractivity contribution < 1.29 is 24.5 Å². The van der Waals surface area contributed by atoms with Gasteiger partial charge in [0.2, 0.25) is 0 Å². The first-order chi connectivity index (χ1) is 11.8. The first-order valence-corrected chi connectivity index (χ1v) is 8.06. The molecule has 2 aromatic carbocycles. The molecule has 0 amide bonds. The Balaban J connectivity index is 2.13. The lowest BCUT2D eigenvalue weighted by molar-refractivity contribution is -0.182. The lowest BCUT2D eigenvalue weighted by Gasteiger charge is -2.29. The molecule has 0 saturated carbocycles. The second kappa shape index (κ2) is 7.94. The Bertz CT molecular complexity index is 737. The van der Waals surface area contributed by atoms with Crippen LogP contribution in [0.2, 0.25) is 0 Å². The summed E-state index contributed by atoms with van der Waals surface area (Å²) in [4.78, 5) is 27.8. The molecule has 0 bridgehead atoms. The number of hydrogen-bond donors (Lipinski definition) is 1. The minimum absolute atomic E-state index is 0.289. The largest absolute Gasteiger partial charge is 0.459 e. The predicted molar refractivity (Wildman–Crippen MR) is 93.4 cm³/mol. The number of benzene rings is 2. The first-order valence-electron chi connectivity index (χ1n) is 8.06. The Morgan fingerprint density at radius 3 is 2.24 bits per heavy atom. The van der Waals surface area contributed by atoms with Crippen LogP contribution in [0.5, 0.6) is 0 Å². The Kier molecular flexibility index (Phi) is 5.93. The summed E-state index contributed by atoms with van der Waals surface area (Å²) in [5, 5.41) is 8.69. The lowest BCUT2D eigenvalue weighted by atomic mass is 9.77. The van der Waals surface area contributed by atoms with Gasteiger partial charge in [-0.15, -0.1) is 0 Å². The lowest BCUT2D eigenvalue weighted by Crippen LogP contribution is -2.28. The Morgan fingerprint density at radius 2 is 1.60 bits per heavy atom. The quantitative estimate of drug-likeness (QED) is 0.483. The Labute approximate surface area is 147 Å². The minimum atomic E-state index is -0.808. The number of carbonyl (C=O) groups excluding carboxylic acids is 2. The molecule has 1 unspecified atom stereocenters. The summed E-state index contributed by atoms with van der Waals surface area (Å²) in [6.07, 6.45) is 0.141. The van der Waals surface area contributed by atoms with Gasteiger partial charge in [0.1, 0.15) is 6.10 Å². The van der Waals surface area contributed by atoms with Gasteiger partial charge in [0.05, 0.1) is 11.1 Å². The highest BCUT2D eigenvalue weighted by Gasteiger charge is 2.29. The second-order valence-corrected chi connectivity index (χ2v) is 6.59. The van der Waals surface area contributed by atoms with Crippen LogP contribution >= 0.6 is 0 Å². The summed E-state index contributed by atoms with van der Waals surface area (Å²) in [6, 6.07) is 15.7. The fourth-order valence-electron chi connectivity index (χ4n) is 3.00. The van der Waals surface area contributed by atoms with Gasteiger partial charge in [-0.05, 0) is 42.5 Å². The third-order valence-corrected chi connectivity index (χ3v) is 4.07. The number of ether oxygens (including phenoxy) is 1. The fourth-order valence-corrected chi connectivity index (χ4v) is 3.00. The van der Waals surface area contributed by atoms with Gasteiger partial charge in [0, 0.05) is 0 Å². The van der Waals surface area contributed by atoms with Crippen LogP contribution in [0.25, 0.3) is 0 Å². The number of rotatable bonds is 6. The van der Waals surface area contributed by atoms with Gasteiger partial charge in [0.15, 0.2) is 0 Å². The molecule has 0 heterocycles. The van der Waals surface area contributed by atoms with Crippen molar-refractivity contribution in [1.29, 1.82) is 0 Å². The molecular formula is C20H22O5. The van der Waals surface area contributed by atoms with Crippen LogP contribution in [0.1, 0.15) is 53.5 Å². The van der Waals surface area contributed by atoms with Gasteiger partial charge in [-0.3, -0.25) is 4.89 Å². The predicted octanol–water partition coefficient (Wildman–Crippen LogP) is 4.23. The van der Waals surface area contributed by atoms with Crippen molar-refractivity contribution in [2.45, 2.75) is 38.7 Å². The van der Waals surface area contributed by atoms with E-state index in [4.69, 9.17) is 9.99 Å². The van der Waals surface area contributed by atoms with Gasteiger partial charge in [0.25, 0.3) is 0 Å². The van der Waals surface area contributed by atoms with Crippen LogP contribution in [0.4, 0.5) is 0 Å². The van der Waals surface area contributed by atoms with E-state index in [1.165, 1.54) is 0 Å². The molecular weight excluding hydrogens is 320 g/mol. The normalized spacial score (nSPS) is 12.3. The molecule has 5 heteroatoms. The second-order valence-electron chi connectivity index (χ2n) is 6.59. The van der Waals surface area contributed by atoms with Crippen LogP contribution in [0, 0.1) is 0 Å². The van der Waals surface area contributed by atoms with E-state index in [0.717, 1.165) is 5.56 Å². The molecule has 0 aliphatic rings. The van der Waals surface area contributed by atoms with Gasteiger partial charge < -0.3 is 4.74 Å². The van der Waals surface area contributed by atoms with E-state index in [0.29, 0.717) is 12.0 Å². The number of carbonyl (C=O) groups is 2. The smallest absolute Gasteiger partial charge is 0.373 e. The molecule has 132 valence electrons. The Morgan fingerprint density at radius 1 is 1.00 bits per heavy atom. The van der Waals surface area contributed by atoms with Crippen molar-refractivity contribution in [2.75, 3.05) is 0 Å². The monoisotopic (exact) mass is 342 g/mol. The van der Waals surface area contributed by atoms with Crippen LogP contribution in [0.3, 0.4) is 0 Å². The maximum absolute atomic E-state index is 12.2. The van der Waals surface area contributed by atoms with E-state index < -0.39 is 11.4 Å². The average Bonchev–Trinajstić information content (AvgIpc) is 2.61. The van der Waals surface area contributed by atoms with E-state index in [-0.39, 0.29) is 17.6 Å². The summed E-state index contributed by atoms with van der Waals surface area (Å²) in [5.41, 5.74) is 1.03. The molecule has 0 saturated heterocycles. The summed E-state index contributed by atoms with van der Waals surface area (Å²) in [5.74, 6) is -1.19. The number of esters is 1. The van der Waals surface area contributed by atoms with Crippen LogP contribution < -0.4 is 0 Å². The minimum Gasteiger partial charge on any atom is -0.459 e. The van der Waals surface area contributed by atoms with Crippen molar-refractivity contribution in [3.8, 4) is 0 Å². The zero-order chi connectivity index (χ0) is 18.4. The molecule has 0 spiro atoms. The van der Waals surface area contributed by atoms with Crippen LogP contribution in [-0.4, -0.2) is 23.3 Å². The van der Waals surface area contributed by atoms with E-state index in [1.54, 1.807) is 42.5 Å². The topological polar surface area (TPSA) is 72.8 Å². The summed E-state index contributed by atoms with van der Waals surface area (Å²) >= 11 is 0. The SMILES string of the molecule is CC(CC(C)(C)c1ccccc1C(=O)OO)OC(=O)c1ccccc1. The van der Waals surface area contributed by atoms with Crippen LogP contribution in [-0.2, 0) is 15.0 Å². The molecule has 5 nitrogen and oxygen atoms in total. The molecule has 2 rings (SSSR count).